The molecule has 2 N–H and O–H groups in total. The van der Waals surface area contributed by atoms with Gasteiger partial charge in [0.25, 0.3) is 0 Å². The largest absolute Gasteiger partial charge is 0.345 e. The fourth-order valence-corrected chi connectivity index (χ4v) is 2.43. The Balaban J connectivity index is 2.19. The van der Waals surface area contributed by atoms with Crippen molar-refractivity contribution in [1.29, 1.82) is 0 Å². The first-order chi connectivity index (χ1) is 9.20. The first-order valence-corrected chi connectivity index (χ1v) is 6.31. The molecule has 0 amide bonds. The molecule has 0 aliphatic heterocycles. The Kier molecular flexibility index (Phi) is 2.83. The predicted molar refractivity (Wildman–Crippen MR) is 75.8 cm³/mol. The summed E-state index contributed by atoms with van der Waals surface area (Å²) in [5, 5.41) is 7.74. The summed E-state index contributed by atoms with van der Waals surface area (Å²) in [6.07, 6.45) is 1.72. The molecule has 5 nitrogen and oxygen atoms in total. The van der Waals surface area contributed by atoms with Crippen molar-refractivity contribution in [3.63, 3.8) is 0 Å². The van der Waals surface area contributed by atoms with Crippen molar-refractivity contribution in [3.05, 3.63) is 35.9 Å². The van der Waals surface area contributed by atoms with E-state index in [2.05, 4.69) is 39.4 Å². The van der Waals surface area contributed by atoms with Crippen molar-refractivity contribution in [1.82, 2.24) is 25.1 Å². The fraction of sp³-hybridized carbons (Fsp3) is 0.286. The maximum Gasteiger partial charge on any atom is 0.0931 e. The van der Waals surface area contributed by atoms with E-state index >= 15 is 0 Å². The maximum atomic E-state index is 4.57. The van der Waals surface area contributed by atoms with Crippen molar-refractivity contribution in [2.75, 3.05) is 7.05 Å². The van der Waals surface area contributed by atoms with Gasteiger partial charge in [0.05, 0.1) is 23.1 Å². The molecule has 2 aromatic heterocycles. The van der Waals surface area contributed by atoms with Gasteiger partial charge in [0.1, 0.15) is 0 Å². The molecular formula is C14H17N5. The molecule has 5 heteroatoms. The molecule has 0 unspecified atom stereocenters. The van der Waals surface area contributed by atoms with Crippen LogP contribution in [0.4, 0.5) is 0 Å². The third kappa shape index (κ3) is 1.92. The minimum Gasteiger partial charge on any atom is -0.345 e. The SMILES string of the molecule is CNCc1nn(C)c(C)c1-c1ccc2nc[nH]c2c1. The summed E-state index contributed by atoms with van der Waals surface area (Å²) in [7, 11) is 3.92. The lowest BCUT2D eigenvalue weighted by atomic mass is 10.0. The summed E-state index contributed by atoms with van der Waals surface area (Å²) in [6, 6.07) is 6.27. The molecule has 0 radical (unpaired) electrons. The second kappa shape index (κ2) is 4.51. The molecule has 98 valence electrons. The lowest BCUT2D eigenvalue weighted by Crippen LogP contribution is -2.07. The van der Waals surface area contributed by atoms with E-state index in [1.54, 1.807) is 6.33 Å². The van der Waals surface area contributed by atoms with Crippen LogP contribution in [0.15, 0.2) is 24.5 Å². The molecule has 0 atom stereocenters. The number of imidazole rings is 1. The smallest absolute Gasteiger partial charge is 0.0931 e. The van der Waals surface area contributed by atoms with Gasteiger partial charge in [-0.25, -0.2) is 4.98 Å². The Bertz CT molecular complexity index is 723. The Hall–Kier alpha value is -2.14. The topological polar surface area (TPSA) is 58.5 Å². The van der Waals surface area contributed by atoms with Crippen molar-refractivity contribution < 1.29 is 0 Å². The zero-order valence-electron chi connectivity index (χ0n) is 11.4. The van der Waals surface area contributed by atoms with Crippen molar-refractivity contribution in [2.24, 2.45) is 7.05 Å². The number of aromatic amines is 1. The first kappa shape index (κ1) is 11.9. The highest BCUT2D eigenvalue weighted by Gasteiger charge is 2.14. The van der Waals surface area contributed by atoms with Gasteiger partial charge in [0, 0.05) is 24.8 Å². The third-order valence-electron chi connectivity index (χ3n) is 3.46. The van der Waals surface area contributed by atoms with Crippen molar-refractivity contribution in [3.8, 4) is 11.1 Å². The molecule has 0 saturated heterocycles. The normalized spacial score (nSPS) is 11.3. The monoisotopic (exact) mass is 255 g/mol. The number of hydrogen-bond acceptors (Lipinski definition) is 3. The second-order valence-electron chi connectivity index (χ2n) is 4.70. The first-order valence-electron chi connectivity index (χ1n) is 6.31. The van der Waals surface area contributed by atoms with Crippen LogP contribution >= 0.6 is 0 Å². The number of fused-ring (bicyclic) bond motifs is 1. The summed E-state index contributed by atoms with van der Waals surface area (Å²) < 4.78 is 1.93. The Labute approximate surface area is 111 Å². The average Bonchev–Trinajstić information content (AvgIpc) is 2.95. The molecule has 0 bridgehead atoms. The number of nitrogens with one attached hydrogen (secondary N) is 2. The lowest BCUT2D eigenvalue weighted by molar-refractivity contribution is 0.698. The molecule has 0 saturated carbocycles. The van der Waals surface area contributed by atoms with E-state index in [1.807, 2.05) is 24.8 Å². The van der Waals surface area contributed by atoms with Crippen molar-refractivity contribution >= 4 is 11.0 Å². The molecular weight excluding hydrogens is 238 g/mol. The van der Waals surface area contributed by atoms with Crippen LogP contribution in [0.3, 0.4) is 0 Å². The van der Waals surface area contributed by atoms with Crippen LogP contribution in [0.1, 0.15) is 11.4 Å². The number of benzene rings is 1. The van der Waals surface area contributed by atoms with Gasteiger partial charge in [-0.15, -0.1) is 0 Å². The molecule has 0 fully saturated rings. The quantitative estimate of drug-likeness (QED) is 0.752. The number of H-pyrrole nitrogens is 1. The molecule has 0 aliphatic rings. The van der Waals surface area contributed by atoms with Gasteiger partial charge in [0.15, 0.2) is 0 Å². The van der Waals surface area contributed by atoms with Crippen LogP contribution in [0.2, 0.25) is 0 Å². The van der Waals surface area contributed by atoms with Gasteiger partial charge < -0.3 is 10.3 Å². The molecule has 3 rings (SSSR count). The zero-order chi connectivity index (χ0) is 13.4. The van der Waals surface area contributed by atoms with Gasteiger partial charge in [-0.1, -0.05) is 6.07 Å². The van der Waals surface area contributed by atoms with Crippen LogP contribution in [0, 0.1) is 6.92 Å². The van der Waals surface area contributed by atoms with Crippen LogP contribution in [-0.2, 0) is 13.6 Å². The summed E-state index contributed by atoms with van der Waals surface area (Å²) in [5.74, 6) is 0. The van der Waals surface area contributed by atoms with E-state index in [0.717, 1.165) is 23.3 Å². The van der Waals surface area contributed by atoms with Gasteiger partial charge >= 0.3 is 0 Å². The Morgan fingerprint density at radius 1 is 1.37 bits per heavy atom. The summed E-state index contributed by atoms with van der Waals surface area (Å²) in [5.41, 5.74) is 6.66. The average molecular weight is 255 g/mol. The summed E-state index contributed by atoms with van der Waals surface area (Å²) in [6.45, 7) is 2.86. The number of rotatable bonds is 3. The maximum absolute atomic E-state index is 4.57. The van der Waals surface area contributed by atoms with Crippen LogP contribution in [0.25, 0.3) is 22.2 Å². The van der Waals surface area contributed by atoms with E-state index in [0.29, 0.717) is 0 Å². The van der Waals surface area contributed by atoms with E-state index in [-0.39, 0.29) is 0 Å². The van der Waals surface area contributed by atoms with Crippen LogP contribution in [-0.4, -0.2) is 26.8 Å². The van der Waals surface area contributed by atoms with Crippen LogP contribution < -0.4 is 5.32 Å². The highest BCUT2D eigenvalue weighted by molar-refractivity contribution is 5.82. The standard InChI is InChI=1S/C14H17N5/c1-9-14(13(7-15-2)18-19(9)3)10-4-5-11-12(6-10)17-8-16-11/h4-6,8,15H,7H2,1-3H3,(H,16,17). The van der Waals surface area contributed by atoms with Gasteiger partial charge in [-0.3, -0.25) is 4.68 Å². The minimum atomic E-state index is 0.762. The van der Waals surface area contributed by atoms with Crippen LogP contribution in [0.5, 0.6) is 0 Å². The van der Waals surface area contributed by atoms with Gasteiger partial charge in [0.2, 0.25) is 0 Å². The Morgan fingerprint density at radius 2 is 2.21 bits per heavy atom. The molecule has 0 aliphatic carbocycles. The van der Waals surface area contributed by atoms with Crippen molar-refractivity contribution in [2.45, 2.75) is 13.5 Å². The Morgan fingerprint density at radius 3 is 3.00 bits per heavy atom. The summed E-state index contributed by atoms with van der Waals surface area (Å²) >= 11 is 0. The third-order valence-corrected chi connectivity index (χ3v) is 3.46. The van der Waals surface area contributed by atoms with E-state index in [4.69, 9.17) is 0 Å². The molecule has 3 aromatic rings. The number of aromatic nitrogens is 4. The molecule has 0 spiro atoms. The highest BCUT2D eigenvalue weighted by atomic mass is 15.3. The number of hydrogen-bond donors (Lipinski definition) is 2. The van der Waals surface area contributed by atoms with E-state index in [1.165, 1.54) is 16.8 Å². The summed E-state index contributed by atoms with van der Waals surface area (Å²) in [4.78, 5) is 7.40. The van der Waals surface area contributed by atoms with Gasteiger partial charge in [-0.05, 0) is 31.7 Å². The minimum absolute atomic E-state index is 0.762. The second-order valence-corrected chi connectivity index (χ2v) is 4.70. The molecule has 1 aromatic carbocycles. The predicted octanol–water partition coefficient (Wildman–Crippen LogP) is 1.99. The molecule has 2 heterocycles. The highest BCUT2D eigenvalue weighted by Crippen LogP contribution is 2.28. The number of nitrogens with zero attached hydrogens (tertiary/aromatic N) is 3. The van der Waals surface area contributed by atoms with E-state index in [9.17, 15) is 0 Å². The number of aryl methyl sites for hydroxylation is 1. The van der Waals surface area contributed by atoms with E-state index < -0.39 is 0 Å². The molecule has 19 heavy (non-hydrogen) atoms. The lowest BCUT2D eigenvalue weighted by Gasteiger charge is -2.04. The van der Waals surface area contributed by atoms with Gasteiger partial charge in [-0.2, -0.15) is 5.10 Å². The fourth-order valence-electron chi connectivity index (χ4n) is 2.43. The zero-order valence-corrected chi connectivity index (χ0v) is 11.4.